The van der Waals surface area contributed by atoms with Gasteiger partial charge in [-0.25, -0.2) is 8.42 Å². The molecule has 6 heteroatoms. The summed E-state index contributed by atoms with van der Waals surface area (Å²) in [5.41, 5.74) is -0.792. The van der Waals surface area contributed by atoms with Gasteiger partial charge in [-0.15, -0.1) is 0 Å². The molecule has 1 aromatic carbocycles. The van der Waals surface area contributed by atoms with E-state index >= 15 is 0 Å². The third-order valence-electron chi connectivity index (χ3n) is 3.77. The average molecular weight is 290 g/mol. The minimum Gasteiger partial charge on any atom is -0.497 e. The van der Waals surface area contributed by atoms with Crippen molar-refractivity contribution < 1.29 is 13.2 Å². The molecule has 0 aromatic heterocycles. The van der Waals surface area contributed by atoms with E-state index in [0.29, 0.717) is 11.3 Å². The third kappa shape index (κ3) is 1.93. The van der Waals surface area contributed by atoms with Gasteiger partial charge in [0.15, 0.2) is 15.3 Å². The van der Waals surface area contributed by atoms with Crippen molar-refractivity contribution in [3.63, 3.8) is 0 Å². The maximum atomic E-state index is 12.1. The normalized spacial score (nSPS) is 23.4. The first-order valence-corrected chi connectivity index (χ1v) is 7.86. The lowest BCUT2D eigenvalue weighted by atomic mass is 10.0. The molecule has 0 radical (unpaired) electrons. The number of hydrogen-bond donors (Lipinski definition) is 0. The highest BCUT2D eigenvalue weighted by molar-refractivity contribution is 7.92. The molecular weight excluding hydrogens is 276 g/mol. The molecule has 0 spiro atoms. The molecule has 0 unspecified atom stereocenters. The van der Waals surface area contributed by atoms with Gasteiger partial charge in [0.05, 0.1) is 19.2 Å². The lowest BCUT2D eigenvalue weighted by Gasteiger charge is -2.02. The number of methoxy groups -OCH3 is 1. The van der Waals surface area contributed by atoms with Crippen molar-refractivity contribution in [2.24, 2.45) is 5.41 Å². The van der Waals surface area contributed by atoms with Gasteiger partial charge < -0.3 is 4.74 Å². The molecule has 0 saturated heterocycles. The van der Waals surface area contributed by atoms with E-state index < -0.39 is 26.4 Å². The van der Waals surface area contributed by atoms with E-state index in [1.807, 2.05) is 12.1 Å². The van der Waals surface area contributed by atoms with Crippen molar-refractivity contribution >= 4 is 9.84 Å². The Labute approximate surface area is 118 Å². The molecule has 0 amide bonds. The largest absolute Gasteiger partial charge is 0.497 e. The summed E-state index contributed by atoms with van der Waals surface area (Å²) in [4.78, 5) is 0. The van der Waals surface area contributed by atoms with Gasteiger partial charge in [-0.05, 0) is 17.7 Å². The monoisotopic (exact) mass is 290 g/mol. The van der Waals surface area contributed by atoms with Crippen molar-refractivity contribution in [3.8, 4) is 17.9 Å². The van der Waals surface area contributed by atoms with Crippen LogP contribution in [0, 0.1) is 28.1 Å². The molecule has 1 aromatic rings. The molecule has 1 saturated carbocycles. The van der Waals surface area contributed by atoms with Gasteiger partial charge in [0.25, 0.3) is 0 Å². The first kappa shape index (κ1) is 14.4. The summed E-state index contributed by atoms with van der Waals surface area (Å²) < 4.78 is 29.2. The van der Waals surface area contributed by atoms with E-state index in [4.69, 9.17) is 4.74 Å². The van der Waals surface area contributed by atoms with Gasteiger partial charge in [0.2, 0.25) is 0 Å². The van der Waals surface area contributed by atoms with Crippen molar-refractivity contribution in [3.05, 3.63) is 29.8 Å². The van der Waals surface area contributed by atoms with E-state index in [0.717, 1.165) is 0 Å². The molecule has 5 nitrogen and oxygen atoms in total. The number of nitrogens with zero attached hydrogens (tertiary/aromatic N) is 2. The van der Waals surface area contributed by atoms with Gasteiger partial charge in [0.1, 0.15) is 11.0 Å². The molecule has 0 aliphatic heterocycles. The zero-order valence-electron chi connectivity index (χ0n) is 11.2. The van der Waals surface area contributed by atoms with Gasteiger partial charge >= 0.3 is 0 Å². The number of ether oxygens (including phenoxy) is 1. The van der Waals surface area contributed by atoms with Crippen LogP contribution in [0.3, 0.4) is 0 Å². The minimum atomic E-state index is -3.45. The number of benzene rings is 1. The van der Waals surface area contributed by atoms with Crippen molar-refractivity contribution in [1.82, 2.24) is 0 Å². The lowest BCUT2D eigenvalue weighted by molar-refractivity contribution is 0.414. The molecule has 104 valence electrons. The van der Waals surface area contributed by atoms with E-state index in [2.05, 4.69) is 0 Å². The molecule has 0 heterocycles. The predicted octanol–water partition coefficient (Wildman–Crippen LogP) is 1.63. The second-order valence-corrected chi connectivity index (χ2v) is 7.13. The summed E-state index contributed by atoms with van der Waals surface area (Å²) in [6, 6.07) is 10.6. The Morgan fingerprint density at radius 2 is 1.80 bits per heavy atom. The van der Waals surface area contributed by atoms with Crippen LogP contribution in [0.25, 0.3) is 0 Å². The summed E-state index contributed by atoms with van der Waals surface area (Å²) in [5, 5.41) is 17.6. The molecule has 2 rings (SSSR count). The molecule has 0 N–H and O–H groups in total. The zero-order valence-corrected chi connectivity index (χ0v) is 12.0. The SMILES string of the molecule is CCS(=O)(=O)[C@@H]1[C@H](c2ccc(OC)cc2)C1(C#N)C#N. The van der Waals surface area contributed by atoms with Crippen LogP contribution in [0.4, 0.5) is 0 Å². The Bertz CT molecular complexity index is 681. The fourth-order valence-electron chi connectivity index (χ4n) is 2.57. The second-order valence-electron chi connectivity index (χ2n) is 4.72. The van der Waals surface area contributed by atoms with Crippen molar-refractivity contribution in [2.45, 2.75) is 18.1 Å². The fourth-order valence-corrected chi connectivity index (χ4v) is 4.45. The first-order valence-electron chi connectivity index (χ1n) is 6.15. The Hall–Kier alpha value is -2.05. The standard InChI is InChI=1S/C14H14N2O3S/c1-3-20(17,18)13-12(14(13,8-15)9-16)10-4-6-11(19-2)7-5-10/h4-7,12-13H,3H2,1-2H3/t12-,13+/m0/s1. The summed E-state index contributed by atoms with van der Waals surface area (Å²) in [7, 11) is -1.91. The van der Waals surface area contributed by atoms with Crippen LogP contribution in [0.15, 0.2) is 24.3 Å². The van der Waals surface area contributed by atoms with Crippen molar-refractivity contribution in [2.75, 3.05) is 12.9 Å². The quantitative estimate of drug-likeness (QED) is 0.840. The van der Waals surface area contributed by atoms with E-state index in [1.165, 1.54) is 14.0 Å². The van der Waals surface area contributed by atoms with E-state index in [-0.39, 0.29) is 5.75 Å². The molecule has 2 atom stereocenters. The van der Waals surface area contributed by atoms with Gasteiger partial charge in [-0.1, -0.05) is 19.1 Å². The van der Waals surface area contributed by atoms with Crippen molar-refractivity contribution in [1.29, 1.82) is 10.5 Å². The highest BCUT2D eigenvalue weighted by atomic mass is 32.2. The Morgan fingerprint density at radius 1 is 1.25 bits per heavy atom. The molecule has 1 aliphatic carbocycles. The summed E-state index contributed by atoms with van der Waals surface area (Å²) in [6.07, 6.45) is 0. The third-order valence-corrected chi connectivity index (χ3v) is 5.99. The van der Waals surface area contributed by atoms with Crippen LogP contribution in [0.1, 0.15) is 18.4 Å². The summed E-state index contributed by atoms with van der Waals surface area (Å²) in [5.74, 6) is -0.0210. The molecule has 20 heavy (non-hydrogen) atoms. The smallest absolute Gasteiger partial charge is 0.169 e. The van der Waals surface area contributed by atoms with Crippen LogP contribution in [-0.4, -0.2) is 26.5 Å². The Morgan fingerprint density at radius 3 is 2.20 bits per heavy atom. The fraction of sp³-hybridized carbons (Fsp3) is 0.429. The minimum absolute atomic E-state index is 0.0740. The van der Waals surface area contributed by atoms with Gasteiger partial charge in [0, 0.05) is 11.7 Å². The summed E-state index contributed by atoms with van der Waals surface area (Å²) in [6.45, 7) is 1.53. The average Bonchev–Trinajstić information content (AvgIpc) is 3.18. The topological polar surface area (TPSA) is 90.9 Å². The van der Waals surface area contributed by atoms with Crippen LogP contribution in [0.5, 0.6) is 5.75 Å². The predicted molar refractivity (Wildman–Crippen MR) is 72.6 cm³/mol. The highest BCUT2D eigenvalue weighted by Gasteiger charge is 2.72. The van der Waals surface area contributed by atoms with Crippen LogP contribution < -0.4 is 4.74 Å². The maximum Gasteiger partial charge on any atom is 0.169 e. The van der Waals surface area contributed by atoms with E-state index in [1.54, 1.807) is 24.3 Å². The van der Waals surface area contributed by atoms with Gasteiger partial charge in [-0.2, -0.15) is 10.5 Å². The van der Waals surface area contributed by atoms with Crippen LogP contribution in [0.2, 0.25) is 0 Å². The summed E-state index contributed by atoms with van der Waals surface area (Å²) >= 11 is 0. The Kier molecular flexibility index (Phi) is 3.45. The second kappa shape index (κ2) is 4.81. The highest BCUT2D eigenvalue weighted by Crippen LogP contribution is 2.62. The first-order chi connectivity index (χ1) is 9.46. The zero-order chi connectivity index (χ0) is 15.0. The molecule has 1 fully saturated rings. The number of sulfone groups is 1. The maximum absolute atomic E-state index is 12.1. The number of nitriles is 2. The lowest BCUT2D eigenvalue weighted by Crippen LogP contribution is -2.15. The molecule has 1 aliphatic rings. The molecule has 0 bridgehead atoms. The number of rotatable bonds is 4. The van der Waals surface area contributed by atoms with Crippen LogP contribution >= 0.6 is 0 Å². The number of hydrogen-bond acceptors (Lipinski definition) is 5. The molecular formula is C14H14N2O3S. The van der Waals surface area contributed by atoms with Gasteiger partial charge in [-0.3, -0.25) is 0 Å². The Balaban J connectivity index is 2.45. The van der Waals surface area contributed by atoms with Crippen LogP contribution in [-0.2, 0) is 9.84 Å². The van der Waals surface area contributed by atoms with E-state index in [9.17, 15) is 18.9 Å².